The molecule has 2 nitrogen and oxygen atoms in total. The van der Waals surface area contributed by atoms with E-state index in [-0.39, 0.29) is 7.05 Å². The Morgan fingerprint density at radius 1 is 1.00 bits per heavy atom. The van der Waals surface area contributed by atoms with Crippen LogP contribution in [0.2, 0.25) is 0 Å². The number of rotatable bonds is 0. The first-order valence-electron chi connectivity index (χ1n) is 4.02. The fraction of sp³-hybridized carbons (Fsp3) is 0. The highest BCUT2D eigenvalue weighted by atomic mass is 16.4. The predicted octanol–water partition coefficient (Wildman–Crippen LogP) is 2.35. The minimum atomic E-state index is -0.318. The average molecular weight is 173 g/mol. The number of hydrogen-bond acceptors (Lipinski definition) is 2. The normalized spacial score (nSPS) is 13.5. The highest BCUT2D eigenvalue weighted by molar-refractivity contribution is 5.63. The molecule has 2 heteroatoms. The molecule has 13 heavy (non-hydrogen) atoms. The Hall–Kier alpha value is -1.83. The Labute approximate surface area is 77.0 Å². The van der Waals surface area contributed by atoms with Crippen molar-refractivity contribution in [1.29, 1.82) is 0 Å². The summed E-state index contributed by atoms with van der Waals surface area (Å²) in [5, 5.41) is 0. The number of hydrogen-bond donors (Lipinski definition) is 0. The summed E-state index contributed by atoms with van der Waals surface area (Å²) >= 11 is 0. The van der Waals surface area contributed by atoms with Crippen LogP contribution in [-0.2, 0) is 0 Å². The lowest BCUT2D eigenvalue weighted by Crippen LogP contribution is -1.97. The molecule has 0 saturated heterocycles. The van der Waals surface area contributed by atoms with Crippen LogP contribution in [0.4, 0.5) is 0 Å². The molecule has 0 radical (unpaired) electrons. The Bertz CT molecular complexity index is 453. The molecule has 0 atom stereocenters. The molecule has 0 fully saturated rings. The van der Waals surface area contributed by atoms with Crippen molar-refractivity contribution in [2.24, 2.45) is 0 Å². The third-order valence-electron chi connectivity index (χ3n) is 1.75. The SMILES string of the molecule is O=c1ccc2c(o1)C=CC=CC=C2.[H+]. The van der Waals surface area contributed by atoms with Crippen molar-refractivity contribution in [3.05, 3.63) is 58.2 Å². The second-order valence-electron chi connectivity index (χ2n) is 2.68. The number of allylic oxidation sites excluding steroid dienone is 4. The zero-order valence-electron chi connectivity index (χ0n) is 7.94. The molecule has 0 aromatic carbocycles. The molecule has 0 N–H and O–H groups in total. The van der Waals surface area contributed by atoms with E-state index in [1.807, 2.05) is 30.4 Å². The molecule has 0 bridgehead atoms. The Morgan fingerprint density at radius 3 is 2.62 bits per heavy atom. The molecule has 2 rings (SSSR count). The first kappa shape index (κ1) is 7.80. The van der Waals surface area contributed by atoms with E-state index >= 15 is 0 Å². The maximum absolute atomic E-state index is 10.9. The maximum Gasteiger partial charge on any atom is 1.00 e. The zero-order valence-corrected chi connectivity index (χ0v) is 6.94. The maximum atomic E-state index is 10.9. The lowest BCUT2D eigenvalue weighted by atomic mass is 10.1. The Kier molecular flexibility index (Phi) is 1.96. The van der Waals surface area contributed by atoms with Crippen LogP contribution in [0.15, 0.2) is 45.6 Å². The van der Waals surface area contributed by atoms with Crippen molar-refractivity contribution < 1.29 is 5.84 Å². The van der Waals surface area contributed by atoms with Gasteiger partial charge in [-0.05, 0) is 12.1 Å². The van der Waals surface area contributed by atoms with Crippen LogP contribution in [0.3, 0.4) is 0 Å². The van der Waals surface area contributed by atoms with Gasteiger partial charge in [-0.25, -0.2) is 4.79 Å². The van der Waals surface area contributed by atoms with Gasteiger partial charge in [-0.1, -0.05) is 30.4 Å². The van der Waals surface area contributed by atoms with Gasteiger partial charge in [0.05, 0.1) is 0 Å². The third-order valence-corrected chi connectivity index (χ3v) is 1.75. The average Bonchev–Trinajstić information content (AvgIpc) is 2.08. The van der Waals surface area contributed by atoms with Crippen molar-refractivity contribution >= 4 is 12.2 Å². The second-order valence-corrected chi connectivity index (χ2v) is 2.68. The lowest BCUT2D eigenvalue weighted by Gasteiger charge is -1.98. The van der Waals surface area contributed by atoms with Crippen LogP contribution in [0.5, 0.6) is 0 Å². The fourth-order valence-corrected chi connectivity index (χ4v) is 1.14. The van der Waals surface area contributed by atoms with Crippen LogP contribution in [0.25, 0.3) is 12.2 Å². The van der Waals surface area contributed by atoms with Crippen molar-refractivity contribution in [1.82, 2.24) is 0 Å². The van der Waals surface area contributed by atoms with E-state index in [2.05, 4.69) is 0 Å². The van der Waals surface area contributed by atoms with Crippen LogP contribution >= 0.6 is 0 Å². The molecule has 0 spiro atoms. The Balaban J connectivity index is 0.000000980. The van der Waals surface area contributed by atoms with Crippen LogP contribution in [0.1, 0.15) is 12.8 Å². The summed E-state index contributed by atoms with van der Waals surface area (Å²) in [6.45, 7) is 0. The van der Waals surface area contributed by atoms with Gasteiger partial charge in [0.1, 0.15) is 5.76 Å². The van der Waals surface area contributed by atoms with Crippen LogP contribution < -0.4 is 5.63 Å². The molecule has 1 aliphatic carbocycles. The van der Waals surface area contributed by atoms with Gasteiger partial charge in [0.25, 0.3) is 0 Å². The first-order valence-corrected chi connectivity index (χ1v) is 4.02. The minimum absolute atomic E-state index is 0. The van der Waals surface area contributed by atoms with Crippen molar-refractivity contribution in [3.8, 4) is 0 Å². The molecule has 0 unspecified atom stereocenters. The molecule has 1 aromatic rings. The van der Waals surface area contributed by atoms with Crippen LogP contribution in [-0.4, -0.2) is 0 Å². The van der Waals surface area contributed by atoms with E-state index in [0.29, 0.717) is 5.76 Å². The molecule has 1 aromatic heterocycles. The topological polar surface area (TPSA) is 30.2 Å². The van der Waals surface area contributed by atoms with Gasteiger partial charge in [-0.3, -0.25) is 0 Å². The Morgan fingerprint density at radius 2 is 1.77 bits per heavy atom. The fourth-order valence-electron chi connectivity index (χ4n) is 1.14. The van der Waals surface area contributed by atoms with E-state index in [1.54, 1.807) is 12.1 Å². The van der Waals surface area contributed by atoms with Gasteiger partial charge in [0.2, 0.25) is 0 Å². The lowest BCUT2D eigenvalue weighted by molar-refractivity contribution is 0.500. The number of fused-ring (bicyclic) bond motifs is 1. The highest BCUT2D eigenvalue weighted by Gasteiger charge is 1.99. The summed E-state index contributed by atoms with van der Waals surface area (Å²) in [7, 11) is 0. The monoisotopic (exact) mass is 173 g/mol. The molecular weight excluding hydrogens is 164 g/mol. The van der Waals surface area contributed by atoms with Gasteiger partial charge in [-0.2, -0.15) is 0 Å². The summed E-state index contributed by atoms with van der Waals surface area (Å²) in [4.78, 5) is 10.9. The quantitative estimate of drug-likeness (QED) is 0.602. The molecule has 1 aliphatic rings. The van der Waals surface area contributed by atoms with Crippen molar-refractivity contribution in [2.75, 3.05) is 0 Å². The first-order chi connectivity index (χ1) is 6.36. The van der Waals surface area contributed by atoms with Crippen LogP contribution in [0, 0.1) is 0 Å². The summed E-state index contributed by atoms with van der Waals surface area (Å²) in [5.74, 6) is 0.605. The van der Waals surface area contributed by atoms with E-state index in [4.69, 9.17) is 4.42 Å². The summed E-state index contributed by atoms with van der Waals surface area (Å²) < 4.78 is 5.01. The smallest absolute Gasteiger partial charge is 0.423 e. The van der Waals surface area contributed by atoms with E-state index in [0.717, 1.165) is 5.56 Å². The van der Waals surface area contributed by atoms with Gasteiger partial charge in [-0.15, -0.1) is 0 Å². The van der Waals surface area contributed by atoms with Crippen molar-refractivity contribution in [2.45, 2.75) is 0 Å². The second kappa shape index (κ2) is 3.27. The third kappa shape index (κ3) is 1.67. The molecule has 0 amide bonds. The van der Waals surface area contributed by atoms with E-state index in [1.165, 1.54) is 6.07 Å². The zero-order chi connectivity index (χ0) is 9.10. The van der Waals surface area contributed by atoms with E-state index < -0.39 is 0 Å². The highest BCUT2D eigenvalue weighted by Crippen LogP contribution is 2.12. The van der Waals surface area contributed by atoms with Gasteiger partial charge < -0.3 is 4.42 Å². The molecule has 1 heterocycles. The standard InChI is InChI=1S/C11H8O2/c12-11-8-7-9-5-3-1-2-4-6-10(9)13-11/h1-8H/p+1. The summed E-state index contributed by atoms with van der Waals surface area (Å²) in [6, 6.07) is 3.17. The van der Waals surface area contributed by atoms with Gasteiger partial charge in [0, 0.05) is 11.6 Å². The minimum Gasteiger partial charge on any atom is -0.423 e. The molecule has 0 saturated carbocycles. The summed E-state index contributed by atoms with van der Waals surface area (Å²) in [6.07, 6.45) is 11.2. The van der Waals surface area contributed by atoms with Gasteiger partial charge in [0.15, 0.2) is 0 Å². The van der Waals surface area contributed by atoms with E-state index in [9.17, 15) is 4.79 Å². The largest absolute Gasteiger partial charge is 1.00 e. The van der Waals surface area contributed by atoms with Gasteiger partial charge >= 0.3 is 7.05 Å². The molecular formula is C11H9O2+. The molecule has 0 aliphatic heterocycles. The van der Waals surface area contributed by atoms with Crippen molar-refractivity contribution in [3.63, 3.8) is 0 Å². The predicted molar refractivity (Wildman–Crippen MR) is 53.3 cm³/mol. The molecule has 64 valence electrons. The summed E-state index contributed by atoms with van der Waals surface area (Å²) in [5.41, 5.74) is 0.599.